The number of aliphatic hydroxyl groups excluding tert-OH is 1. The monoisotopic (exact) mass is 172 g/mol. The van der Waals surface area contributed by atoms with Crippen LogP contribution in [0.3, 0.4) is 0 Å². The maximum Gasteiger partial charge on any atom is 0.0780 e. The molecule has 0 amide bonds. The highest BCUT2D eigenvalue weighted by molar-refractivity contribution is 7.99. The average molecular weight is 172 g/mol. The van der Waals surface area contributed by atoms with Crippen molar-refractivity contribution in [3.63, 3.8) is 0 Å². The molecule has 64 valence electrons. The van der Waals surface area contributed by atoms with Gasteiger partial charge in [0.15, 0.2) is 0 Å². The van der Waals surface area contributed by atoms with Gasteiger partial charge in [0, 0.05) is 0 Å². The third kappa shape index (κ3) is 2.53. The van der Waals surface area contributed by atoms with Gasteiger partial charge in [-0.3, -0.25) is 0 Å². The summed E-state index contributed by atoms with van der Waals surface area (Å²) in [5.41, 5.74) is 0.914. The Balaban J connectivity index is 2.38. The van der Waals surface area contributed by atoms with Crippen LogP contribution in [0.1, 0.15) is 19.8 Å². The first-order valence-electron chi connectivity index (χ1n) is 4.13. The molecular formula is C9H16OS. The minimum atomic E-state index is -0.261. The van der Waals surface area contributed by atoms with Crippen LogP contribution in [0.5, 0.6) is 0 Å². The number of thioether (sulfide) groups is 1. The van der Waals surface area contributed by atoms with Gasteiger partial charge < -0.3 is 5.11 Å². The molecule has 0 radical (unpaired) electrons. The van der Waals surface area contributed by atoms with E-state index in [0.29, 0.717) is 5.92 Å². The van der Waals surface area contributed by atoms with Gasteiger partial charge >= 0.3 is 0 Å². The fraction of sp³-hybridized carbons (Fsp3) is 0.778. The molecule has 1 heterocycles. The Bertz CT molecular complexity index is 138. The molecule has 0 aromatic rings. The minimum absolute atomic E-state index is 0.261. The summed E-state index contributed by atoms with van der Waals surface area (Å²) < 4.78 is 0. The molecule has 2 unspecified atom stereocenters. The molecule has 1 aliphatic heterocycles. The Kier molecular flexibility index (Phi) is 3.46. The molecule has 1 saturated heterocycles. The molecule has 0 aromatic heterocycles. The van der Waals surface area contributed by atoms with Crippen molar-refractivity contribution < 1.29 is 5.11 Å². The lowest BCUT2D eigenvalue weighted by atomic mass is 9.94. The highest BCUT2D eigenvalue weighted by atomic mass is 32.2. The van der Waals surface area contributed by atoms with Crippen LogP contribution < -0.4 is 0 Å². The standard InChI is InChI=1S/C9H16OS/c1-7(2)9(10)8-4-3-5-11-6-8/h8-10H,1,3-6H2,2H3. The Morgan fingerprint density at radius 2 is 2.45 bits per heavy atom. The number of hydrogen-bond acceptors (Lipinski definition) is 2. The highest BCUT2D eigenvalue weighted by Crippen LogP contribution is 2.27. The van der Waals surface area contributed by atoms with Crippen LogP contribution in [0.2, 0.25) is 0 Å². The zero-order valence-electron chi connectivity index (χ0n) is 7.05. The molecule has 0 aromatic carbocycles. The van der Waals surface area contributed by atoms with Crippen LogP contribution in [0.15, 0.2) is 12.2 Å². The predicted octanol–water partition coefficient (Wildman–Crippen LogP) is 2.07. The third-order valence-corrected chi connectivity index (χ3v) is 3.39. The molecule has 0 bridgehead atoms. The molecule has 0 aliphatic carbocycles. The van der Waals surface area contributed by atoms with Gasteiger partial charge in [0.2, 0.25) is 0 Å². The van der Waals surface area contributed by atoms with Gasteiger partial charge in [-0.1, -0.05) is 12.2 Å². The summed E-state index contributed by atoms with van der Waals surface area (Å²) in [6.45, 7) is 5.68. The fourth-order valence-electron chi connectivity index (χ4n) is 1.42. The summed E-state index contributed by atoms with van der Waals surface area (Å²) in [5.74, 6) is 2.83. The van der Waals surface area contributed by atoms with Crippen molar-refractivity contribution in [3.05, 3.63) is 12.2 Å². The predicted molar refractivity (Wildman–Crippen MR) is 50.9 cm³/mol. The average Bonchev–Trinajstić information content (AvgIpc) is 2.05. The zero-order chi connectivity index (χ0) is 8.27. The second-order valence-corrected chi connectivity index (χ2v) is 4.42. The van der Waals surface area contributed by atoms with Gasteiger partial charge in [0.05, 0.1) is 6.10 Å². The van der Waals surface area contributed by atoms with Crippen LogP contribution in [-0.4, -0.2) is 22.7 Å². The molecule has 1 aliphatic rings. The van der Waals surface area contributed by atoms with E-state index in [0.717, 1.165) is 11.3 Å². The Hall–Kier alpha value is 0.0500. The minimum Gasteiger partial charge on any atom is -0.388 e. The molecule has 1 fully saturated rings. The molecule has 0 saturated carbocycles. The van der Waals surface area contributed by atoms with Crippen LogP contribution in [0, 0.1) is 5.92 Å². The molecule has 0 spiro atoms. The first-order valence-corrected chi connectivity index (χ1v) is 5.28. The molecule has 2 atom stereocenters. The number of hydrogen-bond donors (Lipinski definition) is 1. The van der Waals surface area contributed by atoms with Gasteiger partial charge in [-0.2, -0.15) is 11.8 Å². The first kappa shape index (κ1) is 9.14. The lowest BCUT2D eigenvalue weighted by Gasteiger charge is -2.26. The van der Waals surface area contributed by atoms with Gasteiger partial charge in [0.1, 0.15) is 0 Å². The van der Waals surface area contributed by atoms with Gasteiger partial charge in [-0.15, -0.1) is 0 Å². The van der Waals surface area contributed by atoms with E-state index >= 15 is 0 Å². The van der Waals surface area contributed by atoms with E-state index in [2.05, 4.69) is 6.58 Å². The van der Waals surface area contributed by atoms with Crippen LogP contribution >= 0.6 is 11.8 Å². The van der Waals surface area contributed by atoms with Crippen molar-refractivity contribution >= 4 is 11.8 Å². The summed E-state index contributed by atoms with van der Waals surface area (Å²) in [6.07, 6.45) is 2.16. The van der Waals surface area contributed by atoms with Crippen molar-refractivity contribution in [1.82, 2.24) is 0 Å². The topological polar surface area (TPSA) is 20.2 Å². The maximum atomic E-state index is 9.64. The summed E-state index contributed by atoms with van der Waals surface area (Å²) in [5, 5.41) is 9.64. The van der Waals surface area contributed by atoms with E-state index in [4.69, 9.17) is 0 Å². The molecule has 11 heavy (non-hydrogen) atoms. The van der Waals surface area contributed by atoms with E-state index in [1.165, 1.54) is 18.6 Å². The maximum absolute atomic E-state index is 9.64. The SMILES string of the molecule is C=C(C)C(O)C1CCCSC1. The van der Waals surface area contributed by atoms with E-state index < -0.39 is 0 Å². The van der Waals surface area contributed by atoms with Gasteiger partial charge in [-0.05, 0) is 37.2 Å². The molecule has 1 rings (SSSR count). The quantitative estimate of drug-likeness (QED) is 0.643. The van der Waals surface area contributed by atoms with Crippen molar-refractivity contribution in [2.45, 2.75) is 25.9 Å². The first-order chi connectivity index (χ1) is 5.22. The lowest BCUT2D eigenvalue weighted by Crippen LogP contribution is -2.25. The van der Waals surface area contributed by atoms with E-state index in [1.807, 2.05) is 18.7 Å². The number of aliphatic hydroxyl groups is 1. The molecule has 1 nitrogen and oxygen atoms in total. The third-order valence-electron chi connectivity index (χ3n) is 2.15. The Labute approximate surface area is 72.9 Å². The van der Waals surface area contributed by atoms with E-state index in [1.54, 1.807) is 0 Å². The van der Waals surface area contributed by atoms with Crippen LogP contribution in [0.4, 0.5) is 0 Å². The summed E-state index contributed by atoms with van der Waals surface area (Å²) in [6, 6.07) is 0. The van der Waals surface area contributed by atoms with Crippen LogP contribution in [0.25, 0.3) is 0 Å². The zero-order valence-corrected chi connectivity index (χ0v) is 7.86. The number of rotatable bonds is 2. The summed E-state index contributed by atoms with van der Waals surface area (Å²) >= 11 is 1.95. The Morgan fingerprint density at radius 3 is 2.91 bits per heavy atom. The summed E-state index contributed by atoms with van der Waals surface area (Å²) in [7, 11) is 0. The van der Waals surface area contributed by atoms with E-state index in [-0.39, 0.29) is 6.10 Å². The molecule has 2 heteroatoms. The highest BCUT2D eigenvalue weighted by Gasteiger charge is 2.21. The fourth-order valence-corrected chi connectivity index (χ4v) is 2.61. The Morgan fingerprint density at radius 1 is 1.73 bits per heavy atom. The second-order valence-electron chi connectivity index (χ2n) is 3.27. The van der Waals surface area contributed by atoms with Crippen molar-refractivity contribution in [2.24, 2.45) is 5.92 Å². The van der Waals surface area contributed by atoms with Crippen molar-refractivity contribution in [2.75, 3.05) is 11.5 Å². The van der Waals surface area contributed by atoms with E-state index in [9.17, 15) is 5.11 Å². The van der Waals surface area contributed by atoms with Crippen molar-refractivity contribution in [1.29, 1.82) is 0 Å². The lowest BCUT2D eigenvalue weighted by molar-refractivity contribution is 0.146. The van der Waals surface area contributed by atoms with Gasteiger partial charge in [-0.25, -0.2) is 0 Å². The molecule has 1 N–H and O–H groups in total. The van der Waals surface area contributed by atoms with Crippen LogP contribution in [-0.2, 0) is 0 Å². The normalized spacial score (nSPS) is 28.0. The van der Waals surface area contributed by atoms with Crippen molar-refractivity contribution in [3.8, 4) is 0 Å². The summed E-state index contributed by atoms with van der Waals surface area (Å²) in [4.78, 5) is 0. The second kappa shape index (κ2) is 4.17. The largest absolute Gasteiger partial charge is 0.388 e. The smallest absolute Gasteiger partial charge is 0.0780 e. The molecular weight excluding hydrogens is 156 g/mol. The van der Waals surface area contributed by atoms with Gasteiger partial charge in [0.25, 0.3) is 0 Å².